The summed E-state index contributed by atoms with van der Waals surface area (Å²) in [6.07, 6.45) is 2.07. The van der Waals surface area contributed by atoms with Crippen LogP contribution in [0.2, 0.25) is 0 Å². The number of aromatic nitrogens is 1. The van der Waals surface area contributed by atoms with Crippen LogP contribution >= 0.6 is 22.7 Å². The van der Waals surface area contributed by atoms with Gasteiger partial charge in [-0.25, -0.2) is 18.1 Å². The molecule has 1 saturated heterocycles. The first-order valence-corrected chi connectivity index (χ1v) is 13.6. The molecule has 0 radical (unpaired) electrons. The molecule has 0 saturated carbocycles. The number of carbonyl (C=O) groups is 1. The van der Waals surface area contributed by atoms with Crippen LogP contribution in [0.4, 0.5) is 0 Å². The first kappa shape index (κ1) is 22.9. The number of hydrogen-bond acceptors (Lipinski definition) is 7. The zero-order valence-corrected chi connectivity index (χ0v) is 20.4. The maximum Gasteiger partial charge on any atom is 0.265 e. The molecular formula is C22H25N3O4S3. The number of hydrogen-bond donors (Lipinski definition) is 1. The van der Waals surface area contributed by atoms with E-state index in [-0.39, 0.29) is 16.7 Å². The highest BCUT2D eigenvalue weighted by Gasteiger charge is 2.25. The normalized spacial score (nSPS) is 14.1. The van der Waals surface area contributed by atoms with Crippen LogP contribution < -0.4 is 9.46 Å². The molecule has 170 valence electrons. The summed E-state index contributed by atoms with van der Waals surface area (Å²) < 4.78 is 33.8. The summed E-state index contributed by atoms with van der Waals surface area (Å²) in [5.74, 6) is 0.771. The van der Waals surface area contributed by atoms with Gasteiger partial charge in [-0.05, 0) is 50.5 Å². The molecule has 10 heteroatoms. The smallest absolute Gasteiger partial charge is 0.265 e. The van der Waals surface area contributed by atoms with Gasteiger partial charge in [0.05, 0.1) is 12.3 Å². The maximum atomic E-state index is 12.8. The summed E-state index contributed by atoms with van der Waals surface area (Å²) >= 11 is 2.47. The molecule has 2 aromatic heterocycles. The molecule has 0 spiro atoms. The molecule has 0 atom stereocenters. The third kappa shape index (κ3) is 5.03. The maximum absolute atomic E-state index is 12.8. The van der Waals surface area contributed by atoms with Crippen LogP contribution in [0.3, 0.4) is 0 Å². The van der Waals surface area contributed by atoms with Gasteiger partial charge >= 0.3 is 0 Å². The Balaban J connectivity index is 1.45. The quantitative estimate of drug-likeness (QED) is 0.508. The fourth-order valence-corrected chi connectivity index (χ4v) is 6.79. The van der Waals surface area contributed by atoms with E-state index in [2.05, 4.69) is 9.71 Å². The van der Waals surface area contributed by atoms with Crippen molar-refractivity contribution in [2.24, 2.45) is 0 Å². The van der Waals surface area contributed by atoms with Crippen LogP contribution in [-0.4, -0.2) is 43.9 Å². The lowest BCUT2D eigenvalue weighted by atomic mass is 10.2. The summed E-state index contributed by atoms with van der Waals surface area (Å²) in [7, 11) is -3.66. The van der Waals surface area contributed by atoms with Crippen molar-refractivity contribution in [2.75, 3.05) is 19.7 Å². The molecule has 1 aliphatic heterocycles. The van der Waals surface area contributed by atoms with E-state index in [4.69, 9.17) is 4.74 Å². The number of sulfonamides is 1. The number of ether oxygens (including phenoxy) is 1. The van der Waals surface area contributed by atoms with Gasteiger partial charge in [0.1, 0.15) is 19.8 Å². The van der Waals surface area contributed by atoms with Crippen molar-refractivity contribution in [3.8, 4) is 16.3 Å². The summed E-state index contributed by atoms with van der Waals surface area (Å²) in [4.78, 5) is 19.8. The van der Waals surface area contributed by atoms with Crippen LogP contribution in [0, 0.1) is 6.92 Å². The van der Waals surface area contributed by atoms with Crippen LogP contribution in [0.1, 0.15) is 40.7 Å². The predicted octanol–water partition coefficient (Wildman–Crippen LogP) is 4.29. The second-order valence-corrected chi connectivity index (χ2v) is 11.4. The highest BCUT2D eigenvalue weighted by Crippen LogP contribution is 2.33. The van der Waals surface area contributed by atoms with E-state index in [0.717, 1.165) is 48.6 Å². The number of nitrogens with one attached hydrogen (secondary N) is 1. The van der Waals surface area contributed by atoms with Crippen molar-refractivity contribution in [2.45, 2.75) is 37.4 Å². The van der Waals surface area contributed by atoms with Crippen LogP contribution in [0.5, 0.6) is 5.75 Å². The van der Waals surface area contributed by atoms with Crippen LogP contribution in [0.25, 0.3) is 10.6 Å². The molecule has 1 N–H and O–H groups in total. The first-order valence-electron chi connectivity index (χ1n) is 10.4. The standard InChI is InChI=1S/C22H25N3O4S3/c1-3-29-18-8-6-16(7-9-18)13-23-32(27,28)19-12-17(14-30-19)21-24-15(2)20(31-21)22(26)25-10-4-5-11-25/h6-9,12,14,23H,3-5,10-11,13H2,1-2H3. The Bertz CT molecular complexity index is 1190. The summed E-state index contributed by atoms with van der Waals surface area (Å²) in [5.41, 5.74) is 2.24. The van der Waals surface area contributed by atoms with Gasteiger partial charge in [-0.1, -0.05) is 12.1 Å². The number of carbonyl (C=O) groups excluding carboxylic acids is 1. The SMILES string of the molecule is CCOc1ccc(CNS(=O)(=O)c2cc(-c3nc(C)c(C(=O)N4CCCC4)s3)cs2)cc1. The van der Waals surface area contributed by atoms with E-state index in [0.29, 0.717) is 27.7 Å². The number of rotatable bonds is 8. The Hall–Kier alpha value is -2.27. The second-order valence-electron chi connectivity index (χ2n) is 7.49. The van der Waals surface area contributed by atoms with E-state index in [9.17, 15) is 13.2 Å². The minimum Gasteiger partial charge on any atom is -0.494 e. The fourth-order valence-electron chi connectivity index (χ4n) is 3.47. The number of amides is 1. The zero-order chi connectivity index (χ0) is 22.7. The molecule has 1 aliphatic rings. The van der Waals surface area contributed by atoms with Gasteiger partial charge in [0.15, 0.2) is 0 Å². The Morgan fingerprint density at radius 1 is 1.22 bits per heavy atom. The van der Waals surface area contributed by atoms with E-state index < -0.39 is 10.0 Å². The van der Waals surface area contributed by atoms with Gasteiger partial charge in [-0.2, -0.15) is 0 Å². The van der Waals surface area contributed by atoms with Crippen molar-refractivity contribution in [3.63, 3.8) is 0 Å². The number of thiazole rings is 1. The fraction of sp³-hybridized carbons (Fsp3) is 0.364. The lowest BCUT2D eigenvalue weighted by Crippen LogP contribution is -2.27. The van der Waals surface area contributed by atoms with Crippen LogP contribution in [0.15, 0.2) is 39.9 Å². The zero-order valence-electron chi connectivity index (χ0n) is 18.0. The van der Waals surface area contributed by atoms with Crippen LogP contribution in [-0.2, 0) is 16.6 Å². The van der Waals surface area contributed by atoms with Gasteiger partial charge in [0, 0.05) is 30.6 Å². The Kier molecular flexibility index (Phi) is 6.94. The van der Waals surface area contributed by atoms with Crippen molar-refractivity contribution < 1.29 is 17.9 Å². The van der Waals surface area contributed by atoms with Crippen molar-refractivity contribution >= 4 is 38.6 Å². The number of likely N-dealkylation sites (tertiary alicyclic amines) is 1. The third-order valence-electron chi connectivity index (χ3n) is 5.17. The van der Waals surface area contributed by atoms with Crippen molar-refractivity contribution in [1.82, 2.24) is 14.6 Å². The average Bonchev–Trinajstić information content (AvgIpc) is 3.53. The molecule has 0 bridgehead atoms. The minimum atomic E-state index is -3.66. The number of thiophene rings is 1. The molecule has 1 aromatic carbocycles. The molecule has 7 nitrogen and oxygen atoms in total. The molecule has 0 unspecified atom stereocenters. The van der Waals surface area contributed by atoms with Crippen molar-refractivity contribution in [3.05, 3.63) is 51.8 Å². The second kappa shape index (κ2) is 9.70. The molecule has 1 fully saturated rings. The first-order chi connectivity index (χ1) is 15.4. The average molecular weight is 492 g/mol. The highest BCUT2D eigenvalue weighted by atomic mass is 32.2. The molecule has 1 amide bonds. The number of nitrogens with zero attached hydrogens (tertiary/aromatic N) is 2. The van der Waals surface area contributed by atoms with E-state index in [1.165, 1.54) is 11.3 Å². The molecule has 3 heterocycles. The topological polar surface area (TPSA) is 88.6 Å². The molecule has 32 heavy (non-hydrogen) atoms. The summed E-state index contributed by atoms with van der Waals surface area (Å²) in [6.45, 7) is 6.08. The molecule has 3 aromatic rings. The number of benzene rings is 1. The van der Waals surface area contributed by atoms with Gasteiger partial charge in [0.2, 0.25) is 10.0 Å². The molecular weight excluding hydrogens is 466 g/mol. The van der Waals surface area contributed by atoms with E-state index >= 15 is 0 Å². The largest absolute Gasteiger partial charge is 0.494 e. The molecule has 4 rings (SSSR count). The molecule has 0 aliphatic carbocycles. The number of aryl methyl sites for hydroxylation is 1. The summed E-state index contributed by atoms with van der Waals surface area (Å²) in [5, 5.41) is 2.43. The van der Waals surface area contributed by atoms with Gasteiger partial charge in [-0.3, -0.25) is 4.79 Å². The predicted molar refractivity (Wildman–Crippen MR) is 127 cm³/mol. The van der Waals surface area contributed by atoms with Gasteiger partial charge in [-0.15, -0.1) is 22.7 Å². The highest BCUT2D eigenvalue weighted by molar-refractivity contribution is 7.91. The Morgan fingerprint density at radius 2 is 1.94 bits per heavy atom. The minimum absolute atomic E-state index is 0.0175. The van der Waals surface area contributed by atoms with Crippen molar-refractivity contribution in [1.29, 1.82) is 0 Å². The van der Waals surface area contributed by atoms with Gasteiger partial charge in [0.25, 0.3) is 5.91 Å². The van der Waals surface area contributed by atoms with E-state index in [1.807, 2.05) is 43.0 Å². The lowest BCUT2D eigenvalue weighted by molar-refractivity contribution is 0.0796. The summed E-state index contributed by atoms with van der Waals surface area (Å²) in [6, 6.07) is 8.94. The monoisotopic (exact) mass is 491 g/mol. The van der Waals surface area contributed by atoms with Gasteiger partial charge < -0.3 is 9.64 Å². The lowest BCUT2D eigenvalue weighted by Gasteiger charge is -2.13. The Labute approximate surface area is 196 Å². The van der Waals surface area contributed by atoms with E-state index in [1.54, 1.807) is 11.4 Å². The Morgan fingerprint density at radius 3 is 2.62 bits per heavy atom. The third-order valence-corrected chi connectivity index (χ3v) is 9.21.